The number of H-pyrrole nitrogens is 1. The zero-order valence-corrected chi connectivity index (χ0v) is 18.7. The molecule has 3 N–H and O–H groups in total. The molecule has 168 valence electrons. The highest BCUT2D eigenvalue weighted by Gasteiger charge is 2.17. The number of halogens is 1. The average molecular weight is 472 g/mol. The Balaban J connectivity index is 1.33. The molecule has 0 aliphatic rings. The lowest BCUT2D eigenvalue weighted by Crippen LogP contribution is -2.15. The predicted molar refractivity (Wildman–Crippen MR) is 130 cm³/mol. The lowest BCUT2D eigenvalue weighted by atomic mass is 10.1. The standard InChI is InChI=1S/C25H18ClN5O3/c1-14-6-7-16(11-19(14)24(32)30-17-10-15-8-9-27-23(15)28-13-17)29-25(33)22-12-21(31-34-22)18-4-2-3-5-20(18)26/h2-13H,1H3,(H,27,28)(H,29,33)(H,30,32). The number of pyridine rings is 1. The Kier molecular flexibility index (Phi) is 5.57. The SMILES string of the molecule is Cc1ccc(NC(=O)c2cc(-c3ccccc3Cl)no2)cc1C(=O)Nc1cnc2[nH]ccc2c1. The van der Waals surface area contributed by atoms with Crippen molar-refractivity contribution in [3.63, 3.8) is 0 Å². The molecule has 3 aromatic heterocycles. The molecule has 3 heterocycles. The van der Waals surface area contributed by atoms with Crippen LogP contribution < -0.4 is 10.6 Å². The van der Waals surface area contributed by atoms with Crippen molar-refractivity contribution in [3.05, 3.63) is 95.0 Å². The third-order valence-corrected chi connectivity index (χ3v) is 5.61. The summed E-state index contributed by atoms with van der Waals surface area (Å²) in [5, 5.41) is 10.9. The first-order chi connectivity index (χ1) is 16.5. The second kappa shape index (κ2) is 8.84. The van der Waals surface area contributed by atoms with E-state index in [0.717, 1.165) is 16.6 Å². The van der Waals surface area contributed by atoms with Crippen LogP contribution in [0, 0.1) is 6.92 Å². The molecular formula is C25H18ClN5O3. The summed E-state index contributed by atoms with van der Waals surface area (Å²) in [6.45, 7) is 1.82. The number of amides is 2. The van der Waals surface area contributed by atoms with Gasteiger partial charge >= 0.3 is 0 Å². The number of nitrogens with one attached hydrogen (secondary N) is 3. The summed E-state index contributed by atoms with van der Waals surface area (Å²) >= 11 is 6.19. The van der Waals surface area contributed by atoms with Gasteiger partial charge in [0.25, 0.3) is 11.8 Å². The lowest BCUT2D eigenvalue weighted by Gasteiger charge is -2.10. The third kappa shape index (κ3) is 4.26. The van der Waals surface area contributed by atoms with Crippen LogP contribution in [0.5, 0.6) is 0 Å². The topological polar surface area (TPSA) is 113 Å². The number of aryl methyl sites for hydroxylation is 1. The van der Waals surface area contributed by atoms with E-state index in [1.807, 2.05) is 25.1 Å². The molecule has 0 atom stereocenters. The maximum absolute atomic E-state index is 12.9. The van der Waals surface area contributed by atoms with Gasteiger partial charge in [-0.15, -0.1) is 0 Å². The van der Waals surface area contributed by atoms with E-state index < -0.39 is 5.91 Å². The summed E-state index contributed by atoms with van der Waals surface area (Å²) in [7, 11) is 0. The Morgan fingerprint density at radius 2 is 1.79 bits per heavy atom. The molecule has 5 aromatic rings. The number of benzene rings is 2. The molecule has 2 amide bonds. The molecule has 0 spiro atoms. The molecule has 0 fully saturated rings. The summed E-state index contributed by atoms with van der Waals surface area (Å²) in [6.07, 6.45) is 3.36. The van der Waals surface area contributed by atoms with Crippen LogP contribution in [0.2, 0.25) is 5.02 Å². The fraction of sp³-hybridized carbons (Fsp3) is 0.0400. The van der Waals surface area contributed by atoms with E-state index in [0.29, 0.717) is 33.2 Å². The molecule has 5 rings (SSSR count). The first-order valence-corrected chi connectivity index (χ1v) is 10.7. The molecule has 8 nitrogen and oxygen atoms in total. The van der Waals surface area contributed by atoms with Crippen molar-refractivity contribution in [1.29, 1.82) is 0 Å². The van der Waals surface area contributed by atoms with Gasteiger partial charge in [0.1, 0.15) is 11.3 Å². The molecule has 9 heteroatoms. The van der Waals surface area contributed by atoms with Crippen LogP contribution in [-0.2, 0) is 0 Å². The molecule has 2 aromatic carbocycles. The minimum Gasteiger partial charge on any atom is -0.350 e. The van der Waals surface area contributed by atoms with E-state index in [-0.39, 0.29) is 11.7 Å². The van der Waals surface area contributed by atoms with E-state index >= 15 is 0 Å². The minimum atomic E-state index is -0.497. The highest BCUT2D eigenvalue weighted by atomic mass is 35.5. The highest BCUT2D eigenvalue weighted by molar-refractivity contribution is 6.33. The monoisotopic (exact) mass is 471 g/mol. The van der Waals surface area contributed by atoms with Crippen molar-refractivity contribution in [2.75, 3.05) is 10.6 Å². The third-order valence-electron chi connectivity index (χ3n) is 5.28. The predicted octanol–water partition coefficient (Wildman–Crippen LogP) is 5.68. The lowest BCUT2D eigenvalue weighted by molar-refractivity contribution is 0.0985. The van der Waals surface area contributed by atoms with Crippen LogP contribution in [0.4, 0.5) is 11.4 Å². The Morgan fingerprint density at radius 3 is 2.65 bits per heavy atom. The van der Waals surface area contributed by atoms with Gasteiger partial charge in [0.15, 0.2) is 0 Å². The van der Waals surface area contributed by atoms with Crippen LogP contribution in [0.15, 0.2) is 77.6 Å². The number of hydrogen-bond acceptors (Lipinski definition) is 5. The van der Waals surface area contributed by atoms with E-state index in [1.165, 1.54) is 6.07 Å². The molecule has 0 aliphatic carbocycles. The average Bonchev–Trinajstić information content (AvgIpc) is 3.50. The summed E-state index contributed by atoms with van der Waals surface area (Å²) in [5.41, 5.74) is 4.04. The van der Waals surface area contributed by atoms with Gasteiger partial charge in [-0.05, 0) is 42.8 Å². The van der Waals surface area contributed by atoms with Gasteiger partial charge in [-0.25, -0.2) is 4.98 Å². The smallest absolute Gasteiger partial charge is 0.294 e. The largest absolute Gasteiger partial charge is 0.350 e. The molecule has 0 unspecified atom stereocenters. The summed E-state index contributed by atoms with van der Waals surface area (Å²) in [6, 6.07) is 17.4. The molecule has 0 aliphatic heterocycles. The Labute approximate surface area is 198 Å². The molecule has 34 heavy (non-hydrogen) atoms. The first-order valence-electron chi connectivity index (χ1n) is 10.4. The molecule has 0 radical (unpaired) electrons. The van der Waals surface area contributed by atoms with Gasteiger partial charge in [0.2, 0.25) is 5.76 Å². The van der Waals surface area contributed by atoms with E-state index in [2.05, 4.69) is 25.8 Å². The number of nitrogens with zero attached hydrogens (tertiary/aromatic N) is 2. The number of anilines is 2. The molecular weight excluding hydrogens is 454 g/mol. The fourth-order valence-electron chi connectivity index (χ4n) is 3.52. The Morgan fingerprint density at radius 1 is 0.971 bits per heavy atom. The normalized spacial score (nSPS) is 10.9. The van der Waals surface area contributed by atoms with Crippen molar-refractivity contribution >= 4 is 45.8 Å². The van der Waals surface area contributed by atoms with Gasteiger partial charge in [-0.1, -0.05) is 41.0 Å². The maximum atomic E-state index is 12.9. The Hall–Kier alpha value is -4.43. The number of rotatable bonds is 5. The summed E-state index contributed by atoms with van der Waals surface area (Å²) < 4.78 is 5.21. The molecule has 0 saturated carbocycles. The van der Waals surface area contributed by atoms with Crippen LogP contribution in [0.1, 0.15) is 26.5 Å². The highest BCUT2D eigenvalue weighted by Crippen LogP contribution is 2.27. The van der Waals surface area contributed by atoms with Crippen LogP contribution in [0.25, 0.3) is 22.3 Å². The van der Waals surface area contributed by atoms with Crippen molar-refractivity contribution in [2.45, 2.75) is 6.92 Å². The van der Waals surface area contributed by atoms with Gasteiger partial charge in [-0.2, -0.15) is 0 Å². The Bertz CT molecular complexity index is 1540. The number of aromatic nitrogens is 3. The summed E-state index contributed by atoms with van der Waals surface area (Å²) in [5.74, 6) is -0.790. The number of fused-ring (bicyclic) bond motifs is 1. The van der Waals surface area contributed by atoms with Gasteiger partial charge in [-0.3, -0.25) is 9.59 Å². The van der Waals surface area contributed by atoms with Crippen molar-refractivity contribution in [1.82, 2.24) is 15.1 Å². The van der Waals surface area contributed by atoms with Crippen LogP contribution in [-0.4, -0.2) is 26.9 Å². The second-order valence-corrected chi connectivity index (χ2v) is 8.04. The van der Waals surface area contributed by atoms with Crippen LogP contribution in [0.3, 0.4) is 0 Å². The number of carbonyl (C=O) groups excluding carboxylic acids is 2. The van der Waals surface area contributed by atoms with Crippen molar-refractivity contribution in [2.24, 2.45) is 0 Å². The van der Waals surface area contributed by atoms with E-state index in [4.69, 9.17) is 16.1 Å². The summed E-state index contributed by atoms with van der Waals surface area (Å²) in [4.78, 5) is 32.9. The molecule has 0 bridgehead atoms. The van der Waals surface area contributed by atoms with Gasteiger partial charge < -0.3 is 20.1 Å². The first kappa shape index (κ1) is 21.4. The second-order valence-electron chi connectivity index (χ2n) is 7.63. The maximum Gasteiger partial charge on any atom is 0.294 e. The number of carbonyl (C=O) groups is 2. The minimum absolute atomic E-state index is 0.0207. The fourth-order valence-corrected chi connectivity index (χ4v) is 3.75. The van der Waals surface area contributed by atoms with Crippen molar-refractivity contribution < 1.29 is 14.1 Å². The zero-order chi connectivity index (χ0) is 23.7. The van der Waals surface area contributed by atoms with Crippen LogP contribution >= 0.6 is 11.6 Å². The van der Waals surface area contributed by atoms with Gasteiger partial charge in [0.05, 0.1) is 16.9 Å². The van der Waals surface area contributed by atoms with Gasteiger partial charge in [0, 0.05) is 34.5 Å². The number of hydrogen-bond donors (Lipinski definition) is 3. The van der Waals surface area contributed by atoms with E-state index in [9.17, 15) is 9.59 Å². The quantitative estimate of drug-likeness (QED) is 0.305. The van der Waals surface area contributed by atoms with E-state index in [1.54, 1.807) is 48.8 Å². The zero-order valence-electron chi connectivity index (χ0n) is 17.9. The molecule has 0 saturated heterocycles. The van der Waals surface area contributed by atoms with Crippen molar-refractivity contribution in [3.8, 4) is 11.3 Å². The number of aromatic amines is 1.